The monoisotopic (exact) mass is 563 g/mol. The van der Waals surface area contributed by atoms with Crippen LogP contribution in [0.1, 0.15) is 50.7 Å². The van der Waals surface area contributed by atoms with Crippen LogP contribution in [0.3, 0.4) is 0 Å². The molecule has 1 aromatic heterocycles. The molecule has 0 bridgehead atoms. The lowest BCUT2D eigenvalue weighted by Crippen LogP contribution is -2.47. The van der Waals surface area contributed by atoms with E-state index < -0.39 is 17.6 Å². The summed E-state index contributed by atoms with van der Waals surface area (Å²) in [7, 11) is 1.37. The van der Waals surface area contributed by atoms with Crippen molar-refractivity contribution >= 4 is 41.1 Å². The number of hydrogen-bond donors (Lipinski definition) is 0. The zero-order valence-electron chi connectivity index (χ0n) is 22.5. The molecule has 38 heavy (non-hydrogen) atoms. The van der Waals surface area contributed by atoms with Crippen LogP contribution in [0, 0.1) is 12.8 Å². The molecule has 0 radical (unpaired) electrons. The van der Waals surface area contributed by atoms with E-state index in [9.17, 15) is 9.59 Å². The first-order valence-corrected chi connectivity index (χ1v) is 13.6. The van der Waals surface area contributed by atoms with E-state index >= 15 is 0 Å². The number of aryl methyl sites for hydroxylation is 1. The summed E-state index contributed by atoms with van der Waals surface area (Å²) < 4.78 is 16.7. The van der Waals surface area contributed by atoms with Crippen molar-refractivity contribution in [2.45, 2.75) is 58.2 Å². The number of carbonyl (C=O) groups excluding carboxylic acids is 2. The van der Waals surface area contributed by atoms with Gasteiger partial charge in [-0.3, -0.25) is 4.79 Å². The Morgan fingerprint density at radius 1 is 1.05 bits per heavy atom. The number of halogens is 2. The van der Waals surface area contributed by atoms with Gasteiger partial charge in [-0.2, -0.15) is 0 Å². The second kappa shape index (κ2) is 11.6. The third-order valence-electron chi connectivity index (χ3n) is 6.86. The predicted octanol–water partition coefficient (Wildman–Crippen LogP) is 5.87. The Labute approximate surface area is 234 Å². The van der Waals surface area contributed by atoms with E-state index in [4.69, 9.17) is 42.4 Å². The van der Waals surface area contributed by atoms with Crippen LogP contribution in [-0.2, 0) is 14.3 Å². The summed E-state index contributed by atoms with van der Waals surface area (Å²) in [6.45, 7) is 9.58. The zero-order chi connectivity index (χ0) is 27.6. The molecule has 0 unspecified atom stereocenters. The summed E-state index contributed by atoms with van der Waals surface area (Å²) in [4.78, 5) is 33.7. The van der Waals surface area contributed by atoms with E-state index in [0.717, 1.165) is 29.9 Å². The van der Waals surface area contributed by atoms with Crippen molar-refractivity contribution in [3.63, 3.8) is 0 Å². The maximum Gasteiger partial charge on any atom is 0.410 e. The Hall–Kier alpha value is -2.71. The number of rotatable bonds is 5. The molecular weight excluding hydrogens is 529 g/mol. The fraction of sp³-hybridized carbons (Fsp3) is 0.536. The molecule has 0 saturated carbocycles. The number of carbonyl (C=O) groups is 2. The summed E-state index contributed by atoms with van der Waals surface area (Å²) in [5, 5.41) is 1.02. The van der Waals surface area contributed by atoms with Gasteiger partial charge in [0.25, 0.3) is 0 Å². The van der Waals surface area contributed by atoms with Crippen molar-refractivity contribution in [2.24, 2.45) is 5.92 Å². The quantitative estimate of drug-likeness (QED) is 0.421. The van der Waals surface area contributed by atoms with Gasteiger partial charge in [-0.1, -0.05) is 29.3 Å². The Kier molecular flexibility index (Phi) is 8.62. The molecule has 8 nitrogen and oxygen atoms in total. The van der Waals surface area contributed by atoms with Gasteiger partial charge in [-0.25, -0.2) is 9.78 Å². The van der Waals surface area contributed by atoms with Crippen LogP contribution in [-0.4, -0.2) is 66.9 Å². The molecule has 2 fully saturated rings. The molecule has 2 aliphatic heterocycles. The molecule has 2 aliphatic rings. The highest BCUT2D eigenvalue weighted by Gasteiger charge is 2.39. The van der Waals surface area contributed by atoms with Crippen LogP contribution in [0.25, 0.3) is 0 Å². The maximum atomic E-state index is 12.7. The third kappa shape index (κ3) is 6.64. The molecular formula is C28H35Cl2N3O5. The third-order valence-corrected chi connectivity index (χ3v) is 7.42. The van der Waals surface area contributed by atoms with Gasteiger partial charge in [0, 0.05) is 38.2 Å². The van der Waals surface area contributed by atoms with Gasteiger partial charge in [0.2, 0.25) is 0 Å². The number of anilines is 1. The van der Waals surface area contributed by atoms with Crippen molar-refractivity contribution in [3.05, 3.63) is 51.6 Å². The number of pyridine rings is 1. The van der Waals surface area contributed by atoms with Gasteiger partial charge in [0.1, 0.15) is 17.5 Å². The van der Waals surface area contributed by atoms with Gasteiger partial charge in [0.05, 0.1) is 29.6 Å². The van der Waals surface area contributed by atoms with Gasteiger partial charge in [-0.05, 0) is 63.4 Å². The lowest BCUT2D eigenvalue weighted by molar-refractivity contribution is -0.148. The van der Waals surface area contributed by atoms with E-state index in [-0.39, 0.29) is 24.5 Å². The number of aromatic nitrogens is 1. The first-order valence-electron chi connectivity index (χ1n) is 12.8. The highest BCUT2D eigenvalue weighted by molar-refractivity contribution is 6.37. The highest BCUT2D eigenvalue weighted by atomic mass is 35.5. The number of piperidine rings is 1. The van der Waals surface area contributed by atoms with Crippen LogP contribution in [0.5, 0.6) is 5.75 Å². The number of likely N-dealkylation sites (tertiary alicyclic amines) is 1. The van der Waals surface area contributed by atoms with Gasteiger partial charge in [0.15, 0.2) is 5.75 Å². The van der Waals surface area contributed by atoms with Crippen molar-refractivity contribution < 1.29 is 23.8 Å². The topological polar surface area (TPSA) is 81.2 Å². The number of benzene rings is 1. The minimum atomic E-state index is -0.604. The Balaban J connectivity index is 1.41. The number of ether oxygens (including phenoxy) is 3. The molecule has 3 heterocycles. The number of esters is 1. The van der Waals surface area contributed by atoms with Crippen LogP contribution < -0.4 is 9.64 Å². The first-order chi connectivity index (χ1) is 17.9. The van der Waals surface area contributed by atoms with Crippen LogP contribution in [0.4, 0.5) is 10.6 Å². The Bertz CT molecular complexity index is 1150. The smallest absolute Gasteiger partial charge is 0.410 e. The second-order valence-corrected chi connectivity index (χ2v) is 11.7. The maximum absolute atomic E-state index is 12.7. The molecule has 10 heteroatoms. The standard InChI is InChI=1S/C28H35Cl2N3O5/c1-17-12-22(29)25(23(30)13-17)37-19-8-10-32(15-19)24-7-6-18(14-31-24)20-9-11-33(16-21(20)26(34)36-5)27(35)38-28(2,3)4/h6-7,12-14,19-21H,8-11,15-16H2,1-5H3/t19-,20+,21-/m1/s1. The lowest BCUT2D eigenvalue weighted by Gasteiger charge is -2.37. The van der Waals surface area contributed by atoms with E-state index in [2.05, 4.69) is 4.90 Å². The molecule has 1 amide bonds. The normalized spacial score (nSPS) is 21.8. The van der Waals surface area contributed by atoms with Crippen LogP contribution in [0.2, 0.25) is 10.0 Å². The largest absolute Gasteiger partial charge is 0.485 e. The Morgan fingerprint density at radius 2 is 1.76 bits per heavy atom. The number of hydrogen-bond acceptors (Lipinski definition) is 7. The molecule has 0 aliphatic carbocycles. The van der Waals surface area contributed by atoms with E-state index in [1.54, 1.807) is 4.90 Å². The summed E-state index contributed by atoms with van der Waals surface area (Å²) in [6, 6.07) is 7.66. The van der Waals surface area contributed by atoms with E-state index in [1.165, 1.54) is 7.11 Å². The Morgan fingerprint density at radius 3 is 2.37 bits per heavy atom. The molecule has 2 aromatic rings. The molecule has 206 valence electrons. The SMILES string of the molecule is COC(=O)[C@@H]1CN(C(=O)OC(C)(C)C)CC[C@H]1c1ccc(N2CC[C@@H](Oc3c(Cl)cc(C)cc3Cl)C2)nc1. The number of amides is 1. The number of nitrogens with zero attached hydrogens (tertiary/aromatic N) is 3. The molecule has 4 rings (SSSR count). The molecule has 2 saturated heterocycles. The van der Waals surface area contributed by atoms with Crippen molar-refractivity contribution in [1.29, 1.82) is 0 Å². The van der Waals surface area contributed by atoms with E-state index in [0.29, 0.717) is 35.3 Å². The fourth-order valence-corrected chi connectivity index (χ4v) is 5.72. The van der Waals surface area contributed by atoms with Crippen LogP contribution in [0.15, 0.2) is 30.5 Å². The van der Waals surface area contributed by atoms with Crippen LogP contribution >= 0.6 is 23.2 Å². The average Bonchev–Trinajstić information content (AvgIpc) is 3.33. The summed E-state index contributed by atoms with van der Waals surface area (Å²) in [5.74, 6) is 0.397. The summed E-state index contributed by atoms with van der Waals surface area (Å²) in [6.07, 6.45) is 2.77. The average molecular weight is 565 g/mol. The van der Waals surface area contributed by atoms with Gasteiger partial charge < -0.3 is 24.0 Å². The lowest BCUT2D eigenvalue weighted by atomic mass is 9.81. The minimum absolute atomic E-state index is 0.0601. The van der Waals surface area contributed by atoms with E-state index in [1.807, 2.05) is 58.2 Å². The first kappa shape index (κ1) is 28.3. The zero-order valence-corrected chi connectivity index (χ0v) is 24.0. The summed E-state index contributed by atoms with van der Waals surface area (Å²) >= 11 is 12.7. The molecule has 0 N–H and O–H groups in total. The van der Waals surface area contributed by atoms with Crippen molar-refractivity contribution in [3.8, 4) is 5.75 Å². The molecule has 0 spiro atoms. The predicted molar refractivity (Wildman–Crippen MR) is 147 cm³/mol. The van der Waals surface area contributed by atoms with Gasteiger partial charge in [-0.15, -0.1) is 0 Å². The molecule has 1 aromatic carbocycles. The minimum Gasteiger partial charge on any atom is -0.485 e. The van der Waals surface area contributed by atoms with Gasteiger partial charge >= 0.3 is 12.1 Å². The molecule has 3 atom stereocenters. The second-order valence-electron chi connectivity index (χ2n) is 10.9. The number of methoxy groups -OCH3 is 1. The van der Waals surface area contributed by atoms with Crippen molar-refractivity contribution in [1.82, 2.24) is 9.88 Å². The van der Waals surface area contributed by atoms with Crippen molar-refractivity contribution in [2.75, 3.05) is 38.2 Å². The highest BCUT2D eigenvalue weighted by Crippen LogP contribution is 2.37. The summed E-state index contributed by atoms with van der Waals surface area (Å²) in [5.41, 5.74) is 1.32. The fourth-order valence-electron chi connectivity index (χ4n) is 5.04.